The van der Waals surface area contributed by atoms with Crippen LogP contribution in [0.25, 0.3) is 11.3 Å². The lowest BCUT2D eigenvalue weighted by Gasteiger charge is -2.33. The number of thiazole rings is 1. The van der Waals surface area contributed by atoms with Crippen LogP contribution in [0.2, 0.25) is 0 Å². The number of halogens is 1. The highest BCUT2D eigenvalue weighted by atomic mass is 79.9. The fourth-order valence-corrected chi connectivity index (χ4v) is 6.23. The number of sulfonamides is 1. The Morgan fingerprint density at radius 3 is 2.50 bits per heavy atom. The molecule has 30 heavy (non-hydrogen) atoms. The van der Waals surface area contributed by atoms with E-state index in [1.165, 1.54) is 0 Å². The molecule has 0 bridgehead atoms. The van der Waals surface area contributed by atoms with Gasteiger partial charge in [0.05, 0.1) is 17.2 Å². The lowest BCUT2D eigenvalue weighted by molar-refractivity contribution is 0.340. The zero-order valence-electron chi connectivity index (χ0n) is 16.5. The highest BCUT2D eigenvalue weighted by Crippen LogP contribution is 2.30. The van der Waals surface area contributed by atoms with E-state index in [0.29, 0.717) is 37.7 Å². The van der Waals surface area contributed by atoms with Gasteiger partial charge in [0.1, 0.15) is 5.75 Å². The van der Waals surface area contributed by atoms with E-state index in [2.05, 4.69) is 20.8 Å². The molecule has 1 saturated heterocycles. The van der Waals surface area contributed by atoms with Crippen molar-refractivity contribution in [2.24, 2.45) is 0 Å². The number of aromatic nitrogens is 1. The van der Waals surface area contributed by atoms with Crippen LogP contribution in [-0.4, -0.2) is 50.5 Å². The van der Waals surface area contributed by atoms with Gasteiger partial charge in [-0.05, 0) is 49.4 Å². The third-order valence-electron chi connectivity index (χ3n) is 4.90. The van der Waals surface area contributed by atoms with Crippen molar-refractivity contribution in [1.29, 1.82) is 0 Å². The number of hydrogen-bond acceptors (Lipinski definition) is 6. The summed E-state index contributed by atoms with van der Waals surface area (Å²) in [6, 6.07) is 14.8. The van der Waals surface area contributed by atoms with Gasteiger partial charge < -0.3 is 9.64 Å². The summed E-state index contributed by atoms with van der Waals surface area (Å²) >= 11 is 4.93. The van der Waals surface area contributed by atoms with E-state index in [9.17, 15) is 8.42 Å². The monoisotopic (exact) mass is 507 g/mol. The van der Waals surface area contributed by atoms with Gasteiger partial charge >= 0.3 is 0 Å². The van der Waals surface area contributed by atoms with E-state index < -0.39 is 10.0 Å². The van der Waals surface area contributed by atoms with Crippen molar-refractivity contribution in [3.63, 3.8) is 0 Å². The number of benzene rings is 2. The van der Waals surface area contributed by atoms with Gasteiger partial charge in [-0.2, -0.15) is 4.31 Å². The van der Waals surface area contributed by atoms with Crippen molar-refractivity contribution in [1.82, 2.24) is 9.29 Å². The molecule has 2 heterocycles. The third-order valence-corrected chi connectivity index (χ3v) is 8.19. The summed E-state index contributed by atoms with van der Waals surface area (Å²) < 4.78 is 33.6. The molecule has 3 aromatic rings. The highest BCUT2D eigenvalue weighted by Gasteiger charge is 2.29. The predicted octanol–water partition coefficient (Wildman–Crippen LogP) is 4.48. The number of nitrogens with zero attached hydrogens (tertiary/aromatic N) is 3. The molecule has 1 aromatic heterocycles. The molecule has 1 fully saturated rings. The summed E-state index contributed by atoms with van der Waals surface area (Å²) in [6.45, 7) is 4.71. The zero-order chi connectivity index (χ0) is 21.1. The number of hydrogen-bond donors (Lipinski definition) is 0. The molecule has 0 atom stereocenters. The Morgan fingerprint density at radius 2 is 1.83 bits per heavy atom. The van der Waals surface area contributed by atoms with Crippen LogP contribution in [0.5, 0.6) is 5.75 Å². The molecule has 1 aliphatic heterocycles. The summed E-state index contributed by atoms with van der Waals surface area (Å²) in [5.41, 5.74) is 1.96. The summed E-state index contributed by atoms with van der Waals surface area (Å²) in [5, 5.41) is 2.95. The molecule has 4 rings (SSSR count). The molecule has 0 amide bonds. The molecular formula is C21H22BrN3O3S2. The second kappa shape index (κ2) is 9.05. The van der Waals surface area contributed by atoms with Gasteiger partial charge in [-0.25, -0.2) is 13.4 Å². The first-order chi connectivity index (χ1) is 14.5. The van der Waals surface area contributed by atoms with Gasteiger partial charge in [-0.1, -0.05) is 22.0 Å². The molecule has 2 aromatic carbocycles. The number of anilines is 1. The molecule has 0 saturated carbocycles. The Kier molecular flexibility index (Phi) is 6.43. The summed E-state index contributed by atoms with van der Waals surface area (Å²) in [5.74, 6) is 0.847. The number of ether oxygens (including phenoxy) is 1. The molecule has 0 aliphatic carbocycles. The van der Waals surface area contributed by atoms with Crippen LogP contribution in [0.1, 0.15) is 6.92 Å². The predicted molar refractivity (Wildman–Crippen MR) is 124 cm³/mol. The average Bonchev–Trinajstić information content (AvgIpc) is 3.25. The second-order valence-corrected chi connectivity index (χ2v) is 10.5. The molecule has 0 unspecified atom stereocenters. The van der Waals surface area contributed by atoms with E-state index in [-0.39, 0.29) is 0 Å². The van der Waals surface area contributed by atoms with Crippen LogP contribution in [-0.2, 0) is 10.0 Å². The summed E-state index contributed by atoms with van der Waals surface area (Å²) in [4.78, 5) is 7.23. The van der Waals surface area contributed by atoms with Gasteiger partial charge in [0.15, 0.2) is 5.13 Å². The smallest absolute Gasteiger partial charge is 0.243 e. The van der Waals surface area contributed by atoms with Crippen LogP contribution in [0.3, 0.4) is 0 Å². The summed E-state index contributed by atoms with van der Waals surface area (Å²) in [7, 11) is -3.49. The fraction of sp³-hybridized carbons (Fsp3) is 0.286. The third kappa shape index (κ3) is 4.54. The van der Waals surface area contributed by atoms with Crippen LogP contribution in [0.15, 0.2) is 63.3 Å². The molecule has 9 heteroatoms. The van der Waals surface area contributed by atoms with E-state index in [1.54, 1.807) is 33.8 Å². The normalized spacial score (nSPS) is 15.3. The molecule has 0 spiro atoms. The van der Waals surface area contributed by atoms with Crippen LogP contribution in [0, 0.1) is 0 Å². The maximum Gasteiger partial charge on any atom is 0.243 e. The minimum absolute atomic E-state index is 0.317. The topological polar surface area (TPSA) is 62.7 Å². The average molecular weight is 508 g/mol. The van der Waals surface area contributed by atoms with E-state index >= 15 is 0 Å². The fourth-order valence-electron chi connectivity index (χ4n) is 3.33. The quantitative estimate of drug-likeness (QED) is 0.492. The lowest BCUT2D eigenvalue weighted by atomic mass is 10.2. The molecule has 6 nitrogen and oxygen atoms in total. The minimum atomic E-state index is -3.49. The first-order valence-electron chi connectivity index (χ1n) is 9.67. The number of piperazine rings is 1. The Hall–Kier alpha value is -1.94. The SMILES string of the molecule is CCOc1ccc(-c2csc(N3CCN(S(=O)(=O)c4cccc(Br)c4)CC3)n2)cc1. The van der Waals surface area contributed by atoms with Gasteiger partial charge in [0.25, 0.3) is 0 Å². The lowest BCUT2D eigenvalue weighted by Crippen LogP contribution is -2.48. The Balaban J connectivity index is 1.42. The van der Waals surface area contributed by atoms with Crippen molar-refractivity contribution in [2.75, 3.05) is 37.7 Å². The second-order valence-electron chi connectivity index (χ2n) is 6.82. The molecule has 158 valence electrons. The number of rotatable bonds is 6. The van der Waals surface area contributed by atoms with Crippen molar-refractivity contribution in [2.45, 2.75) is 11.8 Å². The van der Waals surface area contributed by atoms with Crippen LogP contribution in [0.4, 0.5) is 5.13 Å². The van der Waals surface area contributed by atoms with E-state index in [1.807, 2.05) is 42.6 Å². The first-order valence-corrected chi connectivity index (χ1v) is 12.8. The minimum Gasteiger partial charge on any atom is -0.494 e. The zero-order valence-corrected chi connectivity index (χ0v) is 19.7. The Bertz CT molecular complexity index is 1110. The standard InChI is InChI=1S/C21H22BrN3O3S2/c1-2-28-18-8-6-16(7-9-18)20-15-29-21(23-20)24-10-12-25(13-11-24)30(26,27)19-5-3-4-17(22)14-19/h3-9,14-15H,2,10-13H2,1H3. The maximum absolute atomic E-state index is 12.9. The first kappa shape index (κ1) is 21.3. The van der Waals surface area contributed by atoms with Crippen LogP contribution < -0.4 is 9.64 Å². The van der Waals surface area contributed by atoms with Gasteiger partial charge in [0, 0.05) is 41.6 Å². The van der Waals surface area contributed by atoms with Gasteiger partial charge in [-0.15, -0.1) is 11.3 Å². The molecule has 1 aliphatic rings. The Labute approximate surface area is 189 Å². The Morgan fingerprint density at radius 1 is 1.10 bits per heavy atom. The van der Waals surface area contributed by atoms with Crippen molar-refractivity contribution in [3.8, 4) is 17.0 Å². The highest BCUT2D eigenvalue weighted by molar-refractivity contribution is 9.10. The van der Waals surface area contributed by atoms with Crippen molar-refractivity contribution < 1.29 is 13.2 Å². The molecule has 0 N–H and O–H groups in total. The van der Waals surface area contributed by atoms with Crippen molar-refractivity contribution >= 4 is 42.4 Å². The molecule has 0 radical (unpaired) electrons. The van der Waals surface area contributed by atoms with E-state index in [0.717, 1.165) is 26.6 Å². The summed E-state index contributed by atoms with van der Waals surface area (Å²) in [6.07, 6.45) is 0. The maximum atomic E-state index is 12.9. The van der Waals surface area contributed by atoms with Crippen molar-refractivity contribution in [3.05, 3.63) is 58.4 Å². The van der Waals surface area contributed by atoms with Crippen LogP contribution >= 0.6 is 27.3 Å². The van der Waals surface area contributed by atoms with Gasteiger partial charge in [0.2, 0.25) is 10.0 Å². The molecular weight excluding hydrogens is 486 g/mol. The largest absolute Gasteiger partial charge is 0.494 e. The van der Waals surface area contributed by atoms with E-state index in [4.69, 9.17) is 9.72 Å². The van der Waals surface area contributed by atoms with Gasteiger partial charge in [-0.3, -0.25) is 0 Å².